The lowest BCUT2D eigenvalue weighted by molar-refractivity contribution is -0.139. The average Bonchev–Trinajstić information content (AvgIpc) is 2.48. The van der Waals surface area contributed by atoms with Gasteiger partial charge in [0, 0.05) is 19.3 Å². The Morgan fingerprint density at radius 2 is 2.30 bits per heavy atom. The van der Waals surface area contributed by atoms with Crippen molar-refractivity contribution in [1.82, 2.24) is 15.2 Å². The van der Waals surface area contributed by atoms with Crippen molar-refractivity contribution < 1.29 is 9.53 Å². The second-order valence-electron chi connectivity index (χ2n) is 5.28. The zero-order chi connectivity index (χ0) is 14.4. The highest BCUT2D eigenvalue weighted by Gasteiger charge is 2.26. The van der Waals surface area contributed by atoms with Gasteiger partial charge in [0.05, 0.1) is 6.20 Å². The minimum Gasteiger partial charge on any atom is -0.479 e. The molecule has 0 saturated carbocycles. The second-order valence-corrected chi connectivity index (χ2v) is 5.28. The molecule has 1 aromatic rings. The topological polar surface area (TPSA) is 54.5 Å². The summed E-state index contributed by atoms with van der Waals surface area (Å²) in [5.41, 5.74) is 0. The Labute approximate surface area is 120 Å². The lowest BCUT2D eigenvalue weighted by atomic mass is 9.96. The molecule has 1 fully saturated rings. The van der Waals surface area contributed by atoms with E-state index in [4.69, 9.17) is 4.74 Å². The molecular formula is C15H23N3O2. The Hall–Kier alpha value is -1.62. The predicted octanol–water partition coefficient (Wildman–Crippen LogP) is 1.31. The van der Waals surface area contributed by atoms with Crippen molar-refractivity contribution in [3.05, 3.63) is 24.5 Å². The summed E-state index contributed by atoms with van der Waals surface area (Å²) in [5.74, 6) is 1.38. The molecule has 0 aliphatic carbocycles. The number of nitrogens with one attached hydrogen (secondary N) is 1. The van der Waals surface area contributed by atoms with Gasteiger partial charge in [-0.25, -0.2) is 0 Å². The normalized spacial score (nSPS) is 17.8. The summed E-state index contributed by atoms with van der Waals surface area (Å²) in [4.78, 5) is 18.2. The molecule has 0 radical (unpaired) electrons. The van der Waals surface area contributed by atoms with E-state index in [-0.39, 0.29) is 5.91 Å². The van der Waals surface area contributed by atoms with E-state index in [1.54, 1.807) is 25.4 Å². The Morgan fingerprint density at radius 1 is 1.55 bits per heavy atom. The monoisotopic (exact) mass is 277 g/mol. The zero-order valence-electron chi connectivity index (χ0n) is 12.2. The number of hydrogen-bond acceptors (Lipinski definition) is 4. The molecule has 5 nitrogen and oxygen atoms in total. The zero-order valence-corrected chi connectivity index (χ0v) is 12.2. The van der Waals surface area contributed by atoms with Gasteiger partial charge < -0.3 is 15.0 Å². The number of carbonyl (C=O) groups excluding carboxylic acids is 1. The van der Waals surface area contributed by atoms with Crippen LogP contribution in [-0.2, 0) is 4.79 Å². The van der Waals surface area contributed by atoms with E-state index in [1.807, 2.05) is 18.0 Å². The molecule has 0 bridgehead atoms. The first-order valence-corrected chi connectivity index (χ1v) is 7.20. The first kappa shape index (κ1) is 14.8. The van der Waals surface area contributed by atoms with Crippen molar-refractivity contribution >= 4 is 5.91 Å². The quantitative estimate of drug-likeness (QED) is 0.881. The van der Waals surface area contributed by atoms with E-state index in [2.05, 4.69) is 10.3 Å². The summed E-state index contributed by atoms with van der Waals surface area (Å²) < 4.78 is 5.64. The van der Waals surface area contributed by atoms with Crippen molar-refractivity contribution in [1.29, 1.82) is 0 Å². The number of rotatable bonds is 5. The molecule has 1 atom stereocenters. The number of ether oxygens (including phenoxy) is 1. The number of nitrogens with zero attached hydrogens (tertiary/aromatic N) is 2. The van der Waals surface area contributed by atoms with Crippen LogP contribution in [-0.4, -0.2) is 48.6 Å². The molecule has 1 unspecified atom stereocenters. The van der Waals surface area contributed by atoms with Crippen molar-refractivity contribution in [3.63, 3.8) is 0 Å². The summed E-state index contributed by atoms with van der Waals surface area (Å²) in [6.45, 7) is 4.48. The molecule has 1 aliphatic heterocycles. The van der Waals surface area contributed by atoms with Crippen LogP contribution in [0.3, 0.4) is 0 Å². The van der Waals surface area contributed by atoms with Crippen LogP contribution in [0.2, 0.25) is 0 Å². The van der Waals surface area contributed by atoms with Crippen LogP contribution in [0.25, 0.3) is 0 Å². The third-order valence-corrected chi connectivity index (χ3v) is 3.71. The van der Waals surface area contributed by atoms with E-state index < -0.39 is 6.10 Å². The van der Waals surface area contributed by atoms with Gasteiger partial charge in [-0.1, -0.05) is 0 Å². The molecule has 1 N–H and O–H groups in total. The highest BCUT2D eigenvalue weighted by Crippen LogP contribution is 2.18. The number of carbonyl (C=O) groups is 1. The molecule has 20 heavy (non-hydrogen) atoms. The first-order chi connectivity index (χ1) is 9.70. The predicted molar refractivity (Wildman–Crippen MR) is 77.6 cm³/mol. The van der Waals surface area contributed by atoms with Crippen LogP contribution in [0.15, 0.2) is 24.5 Å². The van der Waals surface area contributed by atoms with Crippen molar-refractivity contribution in [2.75, 3.05) is 26.7 Å². The Bertz CT molecular complexity index is 416. The van der Waals surface area contributed by atoms with Gasteiger partial charge in [0.25, 0.3) is 5.91 Å². The average molecular weight is 277 g/mol. The van der Waals surface area contributed by atoms with Crippen LogP contribution in [0.5, 0.6) is 5.75 Å². The Morgan fingerprint density at radius 3 is 2.90 bits per heavy atom. The summed E-state index contributed by atoms with van der Waals surface area (Å²) in [7, 11) is 1.97. The van der Waals surface area contributed by atoms with Gasteiger partial charge in [-0.2, -0.15) is 0 Å². The fourth-order valence-corrected chi connectivity index (χ4v) is 2.57. The van der Waals surface area contributed by atoms with Crippen LogP contribution < -0.4 is 10.1 Å². The van der Waals surface area contributed by atoms with Gasteiger partial charge in [-0.3, -0.25) is 9.78 Å². The largest absolute Gasteiger partial charge is 0.479 e. The first-order valence-electron chi connectivity index (χ1n) is 7.20. The van der Waals surface area contributed by atoms with E-state index >= 15 is 0 Å². The van der Waals surface area contributed by atoms with Crippen molar-refractivity contribution in [2.24, 2.45) is 5.92 Å². The Balaban J connectivity index is 1.82. The maximum atomic E-state index is 12.3. The third kappa shape index (κ3) is 3.93. The lowest BCUT2D eigenvalue weighted by Gasteiger charge is -2.33. The highest BCUT2D eigenvalue weighted by molar-refractivity contribution is 5.81. The minimum absolute atomic E-state index is 0.0664. The van der Waals surface area contributed by atoms with Gasteiger partial charge in [0.1, 0.15) is 5.75 Å². The van der Waals surface area contributed by atoms with E-state index in [0.717, 1.165) is 32.5 Å². The van der Waals surface area contributed by atoms with Crippen LogP contribution in [0.4, 0.5) is 0 Å². The Kier molecular flexibility index (Phi) is 5.35. The van der Waals surface area contributed by atoms with E-state index in [1.165, 1.54) is 0 Å². The SMILES string of the molecule is CNCC1CCN(C(=O)C(C)Oc2cccnc2)CC1. The maximum absolute atomic E-state index is 12.3. The van der Waals surface area contributed by atoms with Gasteiger partial charge >= 0.3 is 0 Å². The van der Waals surface area contributed by atoms with Crippen LogP contribution in [0, 0.1) is 5.92 Å². The molecule has 2 heterocycles. The fraction of sp³-hybridized carbons (Fsp3) is 0.600. The van der Waals surface area contributed by atoms with E-state index in [9.17, 15) is 4.79 Å². The number of piperidine rings is 1. The standard InChI is InChI=1S/C15H23N3O2/c1-12(20-14-4-3-7-17-11-14)15(19)18-8-5-13(6-9-18)10-16-2/h3-4,7,11-13,16H,5-6,8-10H2,1-2H3. The second kappa shape index (κ2) is 7.24. The molecule has 2 rings (SSSR count). The molecule has 1 amide bonds. The van der Waals surface area contributed by atoms with Crippen molar-refractivity contribution in [3.8, 4) is 5.75 Å². The highest BCUT2D eigenvalue weighted by atomic mass is 16.5. The van der Waals surface area contributed by atoms with Gasteiger partial charge in [-0.05, 0) is 51.4 Å². The number of amides is 1. The summed E-state index contributed by atoms with van der Waals surface area (Å²) in [6.07, 6.45) is 4.98. The maximum Gasteiger partial charge on any atom is 0.263 e. The molecular weight excluding hydrogens is 254 g/mol. The summed E-state index contributed by atoms with van der Waals surface area (Å²) in [6, 6.07) is 3.62. The number of pyridine rings is 1. The van der Waals surface area contributed by atoms with Crippen molar-refractivity contribution in [2.45, 2.75) is 25.9 Å². The molecule has 1 saturated heterocycles. The van der Waals surface area contributed by atoms with E-state index in [0.29, 0.717) is 11.7 Å². The van der Waals surface area contributed by atoms with Gasteiger partial charge in [0.15, 0.2) is 6.10 Å². The molecule has 0 aromatic carbocycles. The molecule has 110 valence electrons. The third-order valence-electron chi connectivity index (χ3n) is 3.71. The molecule has 5 heteroatoms. The molecule has 1 aromatic heterocycles. The van der Waals surface area contributed by atoms with Gasteiger partial charge in [0.2, 0.25) is 0 Å². The fourth-order valence-electron chi connectivity index (χ4n) is 2.57. The van der Waals surface area contributed by atoms with Crippen LogP contribution >= 0.6 is 0 Å². The van der Waals surface area contributed by atoms with Crippen LogP contribution in [0.1, 0.15) is 19.8 Å². The number of likely N-dealkylation sites (tertiary alicyclic amines) is 1. The smallest absolute Gasteiger partial charge is 0.263 e. The van der Waals surface area contributed by atoms with Gasteiger partial charge in [-0.15, -0.1) is 0 Å². The minimum atomic E-state index is -0.458. The summed E-state index contributed by atoms with van der Waals surface area (Å²) in [5, 5.41) is 3.20. The number of aromatic nitrogens is 1. The lowest BCUT2D eigenvalue weighted by Crippen LogP contribution is -2.45. The molecule has 1 aliphatic rings. The summed E-state index contributed by atoms with van der Waals surface area (Å²) >= 11 is 0. The molecule has 0 spiro atoms. The number of hydrogen-bond donors (Lipinski definition) is 1.